The van der Waals surface area contributed by atoms with Gasteiger partial charge in [-0.25, -0.2) is 0 Å². The van der Waals surface area contributed by atoms with Crippen LogP contribution in [0.3, 0.4) is 0 Å². The van der Waals surface area contributed by atoms with Crippen LogP contribution in [0.25, 0.3) is 0 Å². The zero-order valence-electron chi connectivity index (χ0n) is 10.2. The van der Waals surface area contributed by atoms with E-state index in [0.29, 0.717) is 0 Å². The molecule has 4 nitrogen and oxygen atoms in total. The Labute approximate surface area is 122 Å². The molecule has 0 aliphatic heterocycles. The van der Waals surface area contributed by atoms with Gasteiger partial charge in [-0.1, -0.05) is 30.3 Å². The average molecular weight is 244 g/mol. The zero-order valence-corrected chi connectivity index (χ0v) is 12.2. The normalized spacial score (nSPS) is 10.2. The van der Waals surface area contributed by atoms with Gasteiger partial charge in [0.1, 0.15) is 5.60 Å². The van der Waals surface area contributed by atoms with Gasteiger partial charge < -0.3 is 14.6 Å². The van der Waals surface area contributed by atoms with Crippen molar-refractivity contribution in [3.8, 4) is 0 Å². The molecule has 0 aromatic heterocycles. The van der Waals surface area contributed by atoms with Crippen molar-refractivity contribution in [2.24, 2.45) is 0 Å². The Morgan fingerprint density at radius 3 is 2.24 bits per heavy atom. The number of benzene rings is 1. The van der Waals surface area contributed by atoms with E-state index in [1.807, 2.05) is 30.3 Å². The molecule has 86 valence electrons. The monoisotopic (exact) mass is 244 g/mol. The van der Waals surface area contributed by atoms with E-state index in [1.54, 1.807) is 13.8 Å². The maximum atomic E-state index is 11.2. The van der Waals surface area contributed by atoms with Gasteiger partial charge in [-0.05, 0) is 19.4 Å². The number of carboxylic acid groups (broad SMARTS) is 1. The minimum atomic E-state index is -1.44. The summed E-state index contributed by atoms with van der Waals surface area (Å²) in [6.07, 6.45) is -0.726. The molecule has 0 aliphatic carbocycles. The molecular formula is C12H13NaO4. The number of aliphatic carboxylic acids is 1. The van der Waals surface area contributed by atoms with Crippen molar-refractivity contribution in [1.82, 2.24) is 0 Å². The first-order chi connectivity index (χ1) is 7.42. The molecule has 0 bridgehead atoms. The maximum absolute atomic E-state index is 11.2. The molecule has 0 spiro atoms. The summed E-state index contributed by atoms with van der Waals surface area (Å²) < 4.78 is 5.07. The number of carbonyl (C=O) groups is 2. The van der Waals surface area contributed by atoms with Crippen molar-refractivity contribution in [3.63, 3.8) is 0 Å². The van der Waals surface area contributed by atoms with E-state index < -0.39 is 24.0 Å². The summed E-state index contributed by atoms with van der Waals surface area (Å²) in [5.74, 6) is -2.23. The van der Waals surface area contributed by atoms with Crippen LogP contribution >= 0.6 is 0 Å². The first-order valence-corrected chi connectivity index (χ1v) is 4.89. The minimum absolute atomic E-state index is 0. The number of hydrogen-bond acceptors (Lipinski definition) is 4. The van der Waals surface area contributed by atoms with E-state index in [0.717, 1.165) is 5.56 Å². The van der Waals surface area contributed by atoms with Crippen LogP contribution in [0.4, 0.5) is 0 Å². The fourth-order valence-electron chi connectivity index (χ4n) is 1.34. The van der Waals surface area contributed by atoms with Gasteiger partial charge in [-0.2, -0.15) is 0 Å². The number of carboxylic acids is 1. The summed E-state index contributed by atoms with van der Waals surface area (Å²) in [4.78, 5) is 21.4. The second-order valence-corrected chi connectivity index (χ2v) is 3.90. The summed E-state index contributed by atoms with van der Waals surface area (Å²) in [6.45, 7) is 3.41. The van der Waals surface area contributed by atoms with Crippen molar-refractivity contribution in [2.75, 3.05) is 0 Å². The molecule has 0 N–H and O–H groups in total. The number of rotatable bonds is 4. The molecule has 0 radical (unpaired) electrons. The Hall–Kier alpha value is -0.840. The Balaban J connectivity index is 0.00000256. The van der Waals surface area contributed by atoms with Crippen molar-refractivity contribution in [3.05, 3.63) is 35.9 Å². The summed E-state index contributed by atoms with van der Waals surface area (Å²) in [5.41, 5.74) is -0.0324. The molecule has 0 heterocycles. The van der Waals surface area contributed by atoms with E-state index >= 15 is 0 Å². The molecule has 1 aromatic carbocycles. The number of hydrogen-bond donors (Lipinski definition) is 0. The molecule has 5 heteroatoms. The second kappa shape index (κ2) is 6.79. The van der Waals surface area contributed by atoms with Crippen LogP contribution in [-0.4, -0.2) is 11.9 Å². The van der Waals surface area contributed by atoms with Crippen LogP contribution in [0, 0.1) is 0 Å². The van der Waals surface area contributed by atoms with E-state index in [4.69, 9.17) is 4.74 Å². The number of ether oxygens (including phenoxy) is 1. The van der Waals surface area contributed by atoms with Gasteiger partial charge in [0.25, 0.3) is 0 Å². The van der Waals surface area contributed by atoms with Gasteiger partial charge >= 0.3 is 35.5 Å². The van der Waals surface area contributed by atoms with Crippen LogP contribution < -0.4 is 34.7 Å². The van der Waals surface area contributed by atoms with Gasteiger partial charge in [-0.3, -0.25) is 4.79 Å². The first kappa shape index (κ1) is 16.2. The fraction of sp³-hybridized carbons (Fsp3) is 0.333. The molecule has 17 heavy (non-hydrogen) atoms. The topological polar surface area (TPSA) is 66.4 Å². The second-order valence-electron chi connectivity index (χ2n) is 3.90. The van der Waals surface area contributed by atoms with Crippen molar-refractivity contribution >= 4 is 11.9 Å². The molecule has 0 saturated carbocycles. The number of esters is 1. The zero-order chi connectivity index (χ0) is 12.2. The predicted molar refractivity (Wildman–Crippen MR) is 55.2 cm³/mol. The van der Waals surface area contributed by atoms with Crippen LogP contribution in [0.2, 0.25) is 0 Å². The summed E-state index contributed by atoms with van der Waals surface area (Å²) in [6, 6.07) is 9.12. The molecule has 1 rings (SSSR count). The minimum Gasteiger partial charge on any atom is -0.550 e. The molecular weight excluding hydrogens is 231 g/mol. The molecule has 0 unspecified atom stereocenters. The summed E-state index contributed by atoms with van der Waals surface area (Å²) in [7, 11) is 0. The van der Waals surface area contributed by atoms with E-state index in [9.17, 15) is 14.7 Å². The Morgan fingerprint density at radius 2 is 1.76 bits per heavy atom. The maximum Gasteiger partial charge on any atom is 1.00 e. The van der Waals surface area contributed by atoms with Crippen molar-refractivity contribution in [2.45, 2.75) is 25.9 Å². The Morgan fingerprint density at radius 1 is 1.24 bits per heavy atom. The van der Waals surface area contributed by atoms with Crippen LogP contribution in [-0.2, 0) is 19.9 Å². The summed E-state index contributed by atoms with van der Waals surface area (Å²) in [5, 5.41) is 10.2. The smallest absolute Gasteiger partial charge is 0.550 e. The van der Waals surface area contributed by atoms with Crippen LogP contribution in [0.5, 0.6) is 0 Å². The van der Waals surface area contributed by atoms with Gasteiger partial charge in [0.2, 0.25) is 0 Å². The Bertz CT molecular complexity index is 387. The van der Waals surface area contributed by atoms with Gasteiger partial charge in [0.15, 0.2) is 0 Å². The third kappa shape index (κ3) is 5.35. The predicted octanol–water partition coefficient (Wildman–Crippen LogP) is -2.39. The van der Waals surface area contributed by atoms with Gasteiger partial charge in [-0.15, -0.1) is 0 Å². The number of carbonyl (C=O) groups excluding carboxylic acids is 2. The fourth-order valence-corrected chi connectivity index (χ4v) is 1.34. The van der Waals surface area contributed by atoms with Crippen LogP contribution in [0.1, 0.15) is 25.8 Å². The molecule has 1 aromatic rings. The third-order valence-electron chi connectivity index (χ3n) is 2.13. The molecule has 0 atom stereocenters. The largest absolute Gasteiger partial charge is 1.00 e. The van der Waals surface area contributed by atoms with E-state index in [2.05, 4.69) is 0 Å². The first-order valence-electron chi connectivity index (χ1n) is 4.89. The molecule has 0 saturated heterocycles. The Kier molecular flexibility index (Phi) is 6.45. The van der Waals surface area contributed by atoms with E-state index in [-0.39, 0.29) is 29.6 Å². The molecule has 0 fully saturated rings. The third-order valence-corrected chi connectivity index (χ3v) is 2.13. The van der Waals surface area contributed by atoms with Gasteiger partial charge in [0, 0.05) is 0 Å². The molecule has 0 amide bonds. The summed E-state index contributed by atoms with van der Waals surface area (Å²) >= 11 is 0. The van der Waals surface area contributed by atoms with Crippen molar-refractivity contribution < 1.29 is 49.0 Å². The van der Waals surface area contributed by atoms with Crippen molar-refractivity contribution in [1.29, 1.82) is 0 Å². The standard InChI is InChI=1S/C12H14O4.Na/c1-12(2,9-6-4-3-5-7-9)16-11(15)8-10(13)14;/h3-7H,8H2,1-2H3,(H,13,14);/q;+1/p-1. The quantitative estimate of drug-likeness (QED) is 0.337. The molecule has 0 aliphatic rings. The average Bonchev–Trinajstić information content (AvgIpc) is 2.16. The van der Waals surface area contributed by atoms with Gasteiger partial charge in [0.05, 0.1) is 12.4 Å². The SMILES string of the molecule is CC(C)(OC(=O)CC(=O)[O-])c1ccccc1.[Na+]. The van der Waals surface area contributed by atoms with Crippen LogP contribution in [0.15, 0.2) is 30.3 Å². The van der Waals surface area contributed by atoms with E-state index in [1.165, 1.54) is 0 Å².